The lowest BCUT2D eigenvalue weighted by Gasteiger charge is -2.26. The molecule has 9 rings (SSSR count). The van der Waals surface area contributed by atoms with E-state index < -0.39 is 0 Å². The lowest BCUT2D eigenvalue weighted by atomic mass is 9.80. The van der Waals surface area contributed by atoms with Gasteiger partial charge in [0.1, 0.15) is 5.58 Å². The van der Waals surface area contributed by atoms with Gasteiger partial charge in [-0.3, -0.25) is 0 Å². The normalized spacial score (nSPS) is 13.5. The molecule has 0 radical (unpaired) electrons. The van der Waals surface area contributed by atoms with E-state index in [0.717, 1.165) is 44.6 Å². The SMILES string of the molecule is Cc1cccc2c1oc1c(N(c3ccccc3)c3ccc4cc5c(cc4c3)C(C)(C)c3c-5ccc4ccccc34)cccc12. The Hall–Kier alpha value is -5.34. The first kappa shape index (κ1) is 25.2. The molecule has 0 saturated heterocycles. The van der Waals surface area contributed by atoms with Crippen LogP contribution in [0.25, 0.3) is 54.6 Å². The quantitative estimate of drug-likeness (QED) is 0.212. The van der Waals surface area contributed by atoms with Crippen molar-refractivity contribution >= 4 is 60.5 Å². The molecule has 0 atom stereocenters. The number of benzene rings is 7. The lowest BCUT2D eigenvalue weighted by molar-refractivity contribution is 0.666. The highest BCUT2D eigenvalue weighted by atomic mass is 16.3. The molecule has 1 aliphatic carbocycles. The second-order valence-corrected chi connectivity index (χ2v) is 12.6. The van der Waals surface area contributed by atoms with Gasteiger partial charge in [-0.05, 0) is 98.8 Å². The Morgan fingerprint density at radius 2 is 1.25 bits per heavy atom. The molecule has 1 heterocycles. The smallest absolute Gasteiger partial charge is 0.159 e. The highest BCUT2D eigenvalue weighted by molar-refractivity contribution is 6.11. The van der Waals surface area contributed by atoms with E-state index in [1.54, 1.807) is 0 Å². The zero-order chi connectivity index (χ0) is 29.6. The molecule has 2 heteroatoms. The first-order valence-corrected chi connectivity index (χ1v) is 15.4. The van der Waals surface area contributed by atoms with Gasteiger partial charge in [-0.1, -0.05) is 105 Å². The van der Waals surface area contributed by atoms with E-state index in [-0.39, 0.29) is 5.41 Å². The predicted molar refractivity (Wildman–Crippen MR) is 186 cm³/mol. The fourth-order valence-corrected chi connectivity index (χ4v) is 7.59. The van der Waals surface area contributed by atoms with Crippen LogP contribution in [0.15, 0.2) is 138 Å². The molecule has 0 N–H and O–H groups in total. The molecule has 0 bridgehead atoms. The van der Waals surface area contributed by atoms with Crippen molar-refractivity contribution in [3.05, 3.63) is 150 Å². The third-order valence-corrected chi connectivity index (χ3v) is 9.69. The molecule has 210 valence electrons. The van der Waals surface area contributed by atoms with Crippen molar-refractivity contribution in [3.8, 4) is 11.1 Å². The summed E-state index contributed by atoms with van der Waals surface area (Å²) in [6.07, 6.45) is 0. The fourth-order valence-electron chi connectivity index (χ4n) is 7.59. The minimum absolute atomic E-state index is 0.105. The van der Waals surface area contributed by atoms with Crippen LogP contribution in [0.4, 0.5) is 17.1 Å². The first-order chi connectivity index (χ1) is 21.5. The van der Waals surface area contributed by atoms with Gasteiger partial charge in [-0.2, -0.15) is 0 Å². The van der Waals surface area contributed by atoms with Crippen LogP contribution >= 0.6 is 0 Å². The molecule has 0 aliphatic heterocycles. The van der Waals surface area contributed by atoms with Crippen LogP contribution < -0.4 is 4.90 Å². The van der Waals surface area contributed by atoms with Gasteiger partial charge in [-0.15, -0.1) is 0 Å². The number of hydrogen-bond donors (Lipinski definition) is 0. The zero-order valence-electron chi connectivity index (χ0n) is 25.1. The number of fused-ring (bicyclic) bond motifs is 9. The largest absolute Gasteiger partial charge is 0.454 e. The van der Waals surface area contributed by atoms with Crippen molar-refractivity contribution in [3.63, 3.8) is 0 Å². The van der Waals surface area contributed by atoms with Crippen molar-refractivity contribution in [1.29, 1.82) is 0 Å². The summed E-state index contributed by atoms with van der Waals surface area (Å²) in [6.45, 7) is 6.87. The van der Waals surface area contributed by atoms with Gasteiger partial charge in [0.15, 0.2) is 5.58 Å². The Bertz CT molecular complexity index is 2430. The van der Waals surface area contributed by atoms with Crippen LogP contribution in [0.5, 0.6) is 0 Å². The predicted octanol–water partition coefficient (Wildman–Crippen LogP) is 12.0. The number of hydrogen-bond acceptors (Lipinski definition) is 2. The van der Waals surface area contributed by atoms with Crippen LogP contribution in [0.3, 0.4) is 0 Å². The van der Waals surface area contributed by atoms with E-state index in [1.807, 2.05) is 0 Å². The number of rotatable bonds is 3. The van der Waals surface area contributed by atoms with Gasteiger partial charge in [0.2, 0.25) is 0 Å². The molecule has 0 spiro atoms. The monoisotopic (exact) mass is 565 g/mol. The Labute approximate surface area is 256 Å². The van der Waals surface area contributed by atoms with Crippen molar-refractivity contribution < 1.29 is 4.42 Å². The summed E-state index contributed by atoms with van der Waals surface area (Å²) in [5.74, 6) is 0. The molecule has 7 aromatic carbocycles. The van der Waals surface area contributed by atoms with Crippen molar-refractivity contribution in [2.45, 2.75) is 26.2 Å². The van der Waals surface area contributed by atoms with E-state index >= 15 is 0 Å². The molecule has 8 aromatic rings. The standard InChI is InChI=1S/C42H31NO/c1-26-11-9-16-34-35-17-10-18-38(41(35)44-40(26)34)43(30-13-5-4-6-14-30)31-21-19-28-24-36-33-22-20-27-12-7-8-15-32(27)39(33)42(2,3)37(36)25-29(28)23-31/h4-25H,1-3H3. The maximum Gasteiger partial charge on any atom is 0.159 e. The minimum Gasteiger partial charge on any atom is -0.454 e. The van der Waals surface area contributed by atoms with Gasteiger partial charge < -0.3 is 9.32 Å². The molecule has 0 amide bonds. The molecule has 0 unspecified atom stereocenters. The molecule has 1 aromatic heterocycles. The van der Waals surface area contributed by atoms with Gasteiger partial charge in [0, 0.05) is 27.6 Å². The van der Waals surface area contributed by atoms with Gasteiger partial charge in [0.05, 0.1) is 5.69 Å². The average molecular weight is 566 g/mol. The highest BCUT2D eigenvalue weighted by Gasteiger charge is 2.37. The van der Waals surface area contributed by atoms with Gasteiger partial charge >= 0.3 is 0 Å². The number of anilines is 3. The summed E-state index contributed by atoms with van der Waals surface area (Å²) in [5, 5.41) is 7.41. The third-order valence-electron chi connectivity index (χ3n) is 9.69. The van der Waals surface area contributed by atoms with Crippen LogP contribution in [0.1, 0.15) is 30.5 Å². The Morgan fingerprint density at radius 3 is 2.11 bits per heavy atom. The second kappa shape index (κ2) is 9.08. The van der Waals surface area contributed by atoms with Gasteiger partial charge in [0.25, 0.3) is 0 Å². The minimum atomic E-state index is -0.105. The van der Waals surface area contributed by atoms with Crippen LogP contribution in [0, 0.1) is 6.92 Å². The summed E-state index contributed by atoms with van der Waals surface area (Å²) in [6, 6.07) is 48.5. The summed E-state index contributed by atoms with van der Waals surface area (Å²) >= 11 is 0. The summed E-state index contributed by atoms with van der Waals surface area (Å²) in [5.41, 5.74) is 11.6. The van der Waals surface area contributed by atoms with E-state index in [0.29, 0.717) is 0 Å². The number of aryl methyl sites for hydroxylation is 1. The van der Waals surface area contributed by atoms with Crippen LogP contribution in [0.2, 0.25) is 0 Å². The molecule has 0 saturated carbocycles. The Balaban J connectivity index is 1.26. The van der Waals surface area contributed by atoms with Crippen molar-refractivity contribution in [1.82, 2.24) is 0 Å². The van der Waals surface area contributed by atoms with E-state index in [2.05, 4.69) is 159 Å². The van der Waals surface area contributed by atoms with E-state index in [1.165, 1.54) is 43.8 Å². The molecule has 2 nitrogen and oxygen atoms in total. The second-order valence-electron chi connectivity index (χ2n) is 12.6. The maximum atomic E-state index is 6.64. The van der Waals surface area contributed by atoms with Gasteiger partial charge in [-0.25, -0.2) is 0 Å². The maximum absolute atomic E-state index is 6.64. The summed E-state index contributed by atoms with van der Waals surface area (Å²) in [7, 11) is 0. The van der Waals surface area contributed by atoms with E-state index in [4.69, 9.17) is 4.42 Å². The van der Waals surface area contributed by atoms with Crippen LogP contribution in [-0.2, 0) is 5.41 Å². The highest BCUT2D eigenvalue weighted by Crippen LogP contribution is 2.53. The molecule has 44 heavy (non-hydrogen) atoms. The zero-order valence-corrected chi connectivity index (χ0v) is 25.1. The Morgan fingerprint density at radius 1 is 0.523 bits per heavy atom. The number of furan rings is 1. The molecular formula is C42H31NO. The van der Waals surface area contributed by atoms with Crippen molar-refractivity contribution in [2.75, 3.05) is 4.90 Å². The van der Waals surface area contributed by atoms with Crippen molar-refractivity contribution in [2.24, 2.45) is 0 Å². The lowest BCUT2D eigenvalue weighted by Crippen LogP contribution is -2.15. The Kier molecular flexibility index (Phi) is 5.20. The number of para-hydroxylation sites is 3. The fraction of sp³-hybridized carbons (Fsp3) is 0.0952. The molecule has 1 aliphatic rings. The first-order valence-electron chi connectivity index (χ1n) is 15.4. The van der Waals surface area contributed by atoms with Crippen LogP contribution in [-0.4, -0.2) is 0 Å². The number of nitrogens with zero attached hydrogens (tertiary/aromatic N) is 1. The molecule has 0 fully saturated rings. The average Bonchev–Trinajstić information content (AvgIpc) is 3.55. The summed E-state index contributed by atoms with van der Waals surface area (Å²) < 4.78 is 6.64. The van der Waals surface area contributed by atoms with E-state index in [9.17, 15) is 0 Å². The third kappa shape index (κ3) is 3.48. The molecular weight excluding hydrogens is 534 g/mol. The summed E-state index contributed by atoms with van der Waals surface area (Å²) in [4.78, 5) is 2.33. The topological polar surface area (TPSA) is 16.4 Å².